The predicted octanol–water partition coefficient (Wildman–Crippen LogP) is 2.27. The zero-order valence-electron chi connectivity index (χ0n) is 18.0. The molecule has 7 heteroatoms. The lowest BCUT2D eigenvalue weighted by Gasteiger charge is -2.23. The number of methoxy groups -OCH3 is 1. The molecule has 0 spiro atoms. The van der Waals surface area contributed by atoms with Crippen LogP contribution in [-0.2, 0) is 29.2 Å². The molecular formula is C24H32FN2O4+. The number of ether oxygens (including phenoxy) is 2. The van der Waals surface area contributed by atoms with Crippen LogP contribution in [0.3, 0.4) is 0 Å². The monoisotopic (exact) mass is 431 g/mol. The van der Waals surface area contributed by atoms with Gasteiger partial charge < -0.3 is 28.5 Å². The van der Waals surface area contributed by atoms with Crippen molar-refractivity contribution >= 4 is 0 Å². The van der Waals surface area contributed by atoms with Gasteiger partial charge in [0, 0.05) is 25.3 Å². The predicted molar refractivity (Wildman–Crippen MR) is 115 cm³/mol. The number of nitrogens with one attached hydrogen (secondary N) is 1. The first-order chi connectivity index (χ1) is 15.2. The number of rotatable bonds is 14. The second-order valence-electron chi connectivity index (χ2n) is 7.69. The van der Waals surface area contributed by atoms with Crippen LogP contribution in [0.25, 0.3) is 0 Å². The van der Waals surface area contributed by atoms with Gasteiger partial charge in [0.15, 0.2) is 0 Å². The molecule has 0 radical (unpaired) electrons. The largest absolute Gasteiger partial charge is 0.467 e. The number of nitrogens with zero attached hydrogens (tertiary/aromatic N) is 1. The van der Waals surface area contributed by atoms with Gasteiger partial charge >= 0.3 is 0 Å². The number of hydrogen-bond acceptors (Lipinski definition) is 4. The van der Waals surface area contributed by atoms with Crippen molar-refractivity contribution in [3.05, 3.63) is 83.8 Å². The van der Waals surface area contributed by atoms with E-state index in [0.717, 1.165) is 31.0 Å². The number of aromatic nitrogens is 1. The number of benzene rings is 1. The van der Waals surface area contributed by atoms with Crippen LogP contribution in [0.5, 0.6) is 0 Å². The van der Waals surface area contributed by atoms with Gasteiger partial charge in [-0.1, -0.05) is 18.2 Å². The van der Waals surface area contributed by atoms with E-state index in [9.17, 15) is 9.50 Å². The highest BCUT2D eigenvalue weighted by atomic mass is 19.1. The van der Waals surface area contributed by atoms with Gasteiger partial charge in [0.1, 0.15) is 37.4 Å². The first kappa shape index (κ1) is 23.2. The molecule has 31 heavy (non-hydrogen) atoms. The summed E-state index contributed by atoms with van der Waals surface area (Å²) in [5.74, 6) is 0.540. The minimum Gasteiger partial charge on any atom is -0.467 e. The van der Waals surface area contributed by atoms with Crippen LogP contribution in [0.15, 0.2) is 65.4 Å². The Morgan fingerprint density at radius 1 is 1.16 bits per heavy atom. The van der Waals surface area contributed by atoms with Gasteiger partial charge in [0.2, 0.25) is 0 Å². The summed E-state index contributed by atoms with van der Waals surface area (Å²) in [6.45, 7) is 3.86. The molecule has 1 unspecified atom stereocenters. The quantitative estimate of drug-likeness (QED) is 0.385. The van der Waals surface area contributed by atoms with E-state index in [1.165, 1.54) is 11.0 Å². The Bertz CT molecular complexity index is 881. The van der Waals surface area contributed by atoms with Crippen molar-refractivity contribution in [3.63, 3.8) is 0 Å². The van der Waals surface area contributed by atoms with Gasteiger partial charge in [0.25, 0.3) is 0 Å². The fourth-order valence-electron chi connectivity index (χ4n) is 3.64. The van der Waals surface area contributed by atoms with E-state index in [1.54, 1.807) is 19.4 Å². The molecule has 0 saturated heterocycles. The fraction of sp³-hybridized carbons (Fsp3) is 0.417. The number of halogens is 1. The maximum Gasteiger partial charge on any atom is 0.129 e. The van der Waals surface area contributed by atoms with E-state index in [2.05, 4.69) is 10.6 Å². The normalized spacial score (nSPS) is 13.4. The van der Waals surface area contributed by atoms with Crippen molar-refractivity contribution < 1.29 is 28.3 Å². The number of aliphatic hydroxyl groups excluding tert-OH is 1. The third kappa shape index (κ3) is 7.63. The van der Waals surface area contributed by atoms with Gasteiger partial charge in [-0.05, 0) is 30.3 Å². The zero-order chi connectivity index (χ0) is 21.9. The van der Waals surface area contributed by atoms with Crippen LogP contribution in [0, 0.1) is 5.82 Å². The number of furan rings is 1. The Balaban J connectivity index is 1.57. The molecule has 0 aliphatic heterocycles. The van der Waals surface area contributed by atoms with Crippen molar-refractivity contribution in [2.24, 2.45) is 0 Å². The smallest absolute Gasteiger partial charge is 0.129 e. The molecular weight excluding hydrogens is 399 g/mol. The summed E-state index contributed by atoms with van der Waals surface area (Å²) in [5.41, 5.74) is 1.76. The molecule has 1 aromatic carbocycles. The fourth-order valence-corrected chi connectivity index (χ4v) is 3.64. The summed E-state index contributed by atoms with van der Waals surface area (Å²) < 4.78 is 32.2. The minimum atomic E-state index is -0.595. The minimum absolute atomic E-state index is 0.199. The van der Waals surface area contributed by atoms with Crippen LogP contribution >= 0.6 is 0 Å². The number of hydrogen-bond donors (Lipinski definition) is 2. The average molecular weight is 432 g/mol. The third-order valence-electron chi connectivity index (χ3n) is 5.19. The molecule has 2 heterocycles. The van der Waals surface area contributed by atoms with Crippen molar-refractivity contribution in [2.45, 2.75) is 32.2 Å². The zero-order valence-corrected chi connectivity index (χ0v) is 18.0. The Labute approximate surface area is 182 Å². The highest BCUT2D eigenvalue weighted by Gasteiger charge is 2.18. The highest BCUT2D eigenvalue weighted by Crippen LogP contribution is 2.11. The number of quaternary nitrogens is 1. The van der Waals surface area contributed by atoms with Crippen LogP contribution in [0.1, 0.15) is 23.4 Å². The first-order valence-electron chi connectivity index (χ1n) is 10.6. The van der Waals surface area contributed by atoms with Gasteiger partial charge in [-0.15, -0.1) is 0 Å². The lowest BCUT2D eigenvalue weighted by molar-refractivity contribution is -0.917. The molecule has 0 fully saturated rings. The molecule has 2 N–H and O–H groups in total. The Hall–Kier alpha value is -2.45. The van der Waals surface area contributed by atoms with Crippen LogP contribution < -0.4 is 4.90 Å². The molecule has 6 nitrogen and oxygen atoms in total. The summed E-state index contributed by atoms with van der Waals surface area (Å²) in [5, 5.41) is 10.5. The average Bonchev–Trinajstić information content (AvgIpc) is 3.42. The maximum absolute atomic E-state index is 14.1. The Morgan fingerprint density at radius 2 is 2.03 bits per heavy atom. The van der Waals surface area contributed by atoms with E-state index < -0.39 is 6.10 Å². The van der Waals surface area contributed by atoms with Crippen molar-refractivity contribution in [1.29, 1.82) is 0 Å². The summed E-state index contributed by atoms with van der Waals surface area (Å²) in [6, 6.07) is 14.5. The molecule has 3 rings (SSSR count). The van der Waals surface area contributed by atoms with E-state index in [4.69, 9.17) is 13.9 Å². The SMILES string of the molecule is COCCC[NH+](Cc1cccn1Cc1ccccc1F)C[C@@H](O)COCc1ccco1. The Kier molecular flexibility index (Phi) is 9.30. The second-order valence-corrected chi connectivity index (χ2v) is 7.69. The standard InChI is InChI=1S/C24H31FN2O4/c1-29-13-6-11-26(17-22(28)18-30-19-23-9-5-14-31-23)16-21-8-4-12-27(21)15-20-7-2-3-10-24(20)25/h2-5,7-10,12,14,22,28H,6,11,13,15-19H2,1H3/p+1/t22-/m1/s1. The topological polar surface area (TPSA) is 61.2 Å². The third-order valence-corrected chi connectivity index (χ3v) is 5.19. The van der Waals surface area contributed by atoms with Crippen molar-refractivity contribution in [2.75, 3.05) is 33.4 Å². The van der Waals surface area contributed by atoms with Gasteiger partial charge in [-0.2, -0.15) is 0 Å². The van der Waals surface area contributed by atoms with Gasteiger partial charge in [-0.3, -0.25) is 0 Å². The van der Waals surface area contributed by atoms with E-state index >= 15 is 0 Å². The molecule has 0 amide bonds. The molecule has 0 aliphatic rings. The molecule has 2 aromatic heterocycles. The van der Waals surface area contributed by atoms with Crippen molar-refractivity contribution in [3.8, 4) is 0 Å². The van der Waals surface area contributed by atoms with Crippen LogP contribution in [0.4, 0.5) is 4.39 Å². The Morgan fingerprint density at radius 3 is 2.81 bits per heavy atom. The highest BCUT2D eigenvalue weighted by molar-refractivity contribution is 5.19. The lowest BCUT2D eigenvalue weighted by Crippen LogP contribution is -3.12. The van der Waals surface area contributed by atoms with Crippen LogP contribution in [0.2, 0.25) is 0 Å². The summed E-state index contributed by atoms with van der Waals surface area (Å²) in [7, 11) is 1.69. The van der Waals surface area contributed by atoms with Gasteiger partial charge in [-0.25, -0.2) is 4.39 Å². The molecule has 0 saturated carbocycles. The summed E-state index contributed by atoms with van der Waals surface area (Å²) in [4.78, 5) is 1.22. The molecule has 0 aliphatic carbocycles. The van der Waals surface area contributed by atoms with E-state index in [1.807, 2.05) is 36.5 Å². The van der Waals surface area contributed by atoms with Crippen molar-refractivity contribution in [1.82, 2.24) is 4.57 Å². The van der Waals surface area contributed by atoms with Crippen LogP contribution in [-0.4, -0.2) is 49.2 Å². The lowest BCUT2D eigenvalue weighted by atomic mass is 10.2. The number of aliphatic hydroxyl groups is 1. The first-order valence-corrected chi connectivity index (χ1v) is 10.6. The molecule has 2 atom stereocenters. The van der Waals surface area contributed by atoms with E-state index in [-0.39, 0.29) is 12.4 Å². The molecule has 168 valence electrons. The molecule has 3 aromatic rings. The van der Waals surface area contributed by atoms with E-state index in [0.29, 0.717) is 31.9 Å². The summed E-state index contributed by atoms with van der Waals surface area (Å²) in [6.07, 6.45) is 3.87. The molecule has 0 bridgehead atoms. The second kappa shape index (κ2) is 12.4. The van der Waals surface area contributed by atoms with Gasteiger partial charge in [0.05, 0.1) is 38.3 Å². The summed E-state index contributed by atoms with van der Waals surface area (Å²) >= 11 is 0. The maximum atomic E-state index is 14.1.